The van der Waals surface area contributed by atoms with Gasteiger partial charge in [-0.2, -0.15) is 0 Å². The van der Waals surface area contributed by atoms with Crippen LogP contribution in [0.3, 0.4) is 0 Å². The average molecular weight is 223 g/mol. The van der Waals surface area contributed by atoms with Gasteiger partial charge in [0, 0.05) is 5.57 Å². The lowest BCUT2D eigenvalue weighted by Crippen LogP contribution is -2.13. The number of hydrogen-bond donors (Lipinski definition) is 2. The van der Waals surface area contributed by atoms with Gasteiger partial charge in [-0.1, -0.05) is 6.58 Å². The summed E-state index contributed by atoms with van der Waals surface area (Å²) in [5.41, 5.74) is -0.00876. The maximum absolute atomic E-state index is 13.3. The molecule has 0 heterocycles. The second-order valence-electron chi connectivity index (χ2n) is 3.23. The molecule has 0 bridgehead atoms. The zero-order chi connectivity index (χ0) is 12.3. The first kappa shape index (κ1) is 11.9. The largest absolute Gasteiger partial charge is 0.478 e. The summed E-state index contributed by atoms with van der Waals surface area (Å²) < 4.78 is 13.3. The number of rotatable bonds is 3. The number of halogens is 1. The summed E-state index contributed by atoms with van der Waals surface area (Å²) in [6, 6.07) is 3.25. The standard InChI is InChI=1S/C11H10FNO3/c1-6(2)10(14)13-9-4-3-7(11(15)16)5-8(9)12/h3-5H,1H2,2H3,(H,13,14)(H,15,16). The smallest absolute Gasteiger partial charge is 0.335 e. The normalized spacial score (nSPS) is 9.62. The Morgan fingerprint density at radius 3 is 2.50 bits per heavy atom. The zero-order valence-electron chi connectivity index (χ0n) is 8.58. The molecular weight excluding hydrogens is 213 g/mol. The van der Waals surface area contributed by atoms with E-state index in [1.54, 1.807) is 0 Å². The van der Waals surface area contributed by atoms with Gasteiger partial charge in [-0.25, -0.2) is 9.18 Å². The Morgan fingerprint density at radius 2 is 2.06 bits per heavy atom. The second kappa shape index (κ2) is 4.57. The van der Waals surface area contributed by atoms with Crippen LogP contribution in [0.25, 0.3) is 0 Å². The first-order valence-corrected chi connectivity index (χ1v) is 4.41. The van der Waals surface area contributed by atoms with Crippen molar-refractivity contribution in [1.82, 2.24) is 0 Å². The van der Waals surface area contributed by atoms with Crippen molar-refractivity contribution in [3.05, 3.63) is 41.7 Å². The number of aromatic carboxylic acids is 1. The molecule has 0 spiro atoms. The minimum atomic E-state index is -1.23. The van der Waals surface area contributed by atoms with Crippen LogP contribution in [-0.2, 0) is 4.79 Å². The summed E-state index contributed by atoms with van der Waals surface area (Å²) in [7, 11) is 0. The Morgan fingerprint density at radius 1 is 1.44 bits per heavy atom. The predicted molar refractivity (Wildman–Crippen MR) is 56.8 cm³/mol. The van der Waals surface area contributed by atoms with Crippen molar-refractivity contribution in [2.75, 3.05) is 5.32 Å². The summed E-state index contributed by atoms with van der Waals surface area (Å²) in [4.78, 5) is 21.7. The molecule has 1 aromatic rings. The fourth-order valence-corrected chi connectivity index (χ4v) is 0.979. The molecule has 1 amide bonds. The third-order valence-corrected chi connectivity index (χ3v) is 1.85. The summed E-state index contributed by atoms with van der Waals surface area (Å²) in [5, 5.41) is 10.9. The number of carbonyl (C=O) groups is 2. The highest BCUT2D eigenvalue weighted by Crippen LogP contribution is 2.16. The van der Waals surface area contributed by atoms with Gasteiger partial charge >= 0.3 is 5.97 Å². The lowest BCUT2D eigenvalue weighted by molar-refractivity contribution is -0.112. The molecule has 0 saturated carbocycles. The van der Waals surface area contributed by atoms with Crippen molar-refractivity contribution in [3.8, 4) is 0 Å². The molecule has 5 heteroatoms. The van der Waals surface area contributed by atoms with Crippen LogP contribution in [0.4, 0.5) is 10.1 Å². The SMILES string of the molecule is C=C(C)C(=O)Nc1ccc(C(=O)O)cc1F. The quantitative estimate of drug-likeness (QED) is 0.770. The maximum atomic E-state index is 13.3. The van der Waals surface area contributed by atoms with E-state index in [1.165, 1.54) is 19.1 Å². The number of hydrogen-bond acceptors (Lipinski definition) is 2. The van der Waals surface area contributed by atoms with E-state index in [1.807, 2.05) is 0 Å². The van der Waals surface area contributed by atoms with Gasteiger partial charge in [0.25, 0.3) is 5.91 Å². The van der Waals surface area contributed by atoms with Crippen LogP contribution in [0.2, 0.25) is 0 Å². The fraction of sp³-hybridized carbons (Fsp3) is 0.0909. The topological polar surface area (TPSA) is 66.4 Å². The minimum Gasteiger partial charge on any atom is -0.478 e. The van der Waals surface area contributed by atoms with Gasteiger partial charge in [0.05, 0.1) is 11.3 Å². The van der Waals surface area contributed by atoms with Gasteiger partial charge in [0.1, 0.15) is 5.82 Å². The first-order valence-electron chi connectivity index (χ1n) is 4.41. The van der Waals surface area contributed by atoms with Crippen LogP contribution in [0.5, 0.6) is 0 Å². The van der Waals surface area contributed by atoms with Gasteiger partial charge in [0.15, 0.2) is 0 Å². The molecule has 16 heavy (non-hydrogen) atoms. The van der Waals surface area contributed by atoms with E-state index in [-0.39, 0.29) is 16.8 Å². The van der Waals surface area contributed by atoms with Gasteiger partial charge in [-0.3, -0.25) is 4.79 Å². The molecular formula is C11H10FNO3. The molecule has 0 atom stereocenters. The third-order valence-electron chi connectivity index (χ3n) is 1.85. The lowest BCUT2D eigenvalue weighted by atomic mass is 10.2. The van der Waals surface area contributed by atoms with Gasteiger partial charge in [-0.15, -0.1) is 0 Å². The number of anilines is 1. The van der Waals surface area contributed by atoms with Crippen molar-refractivity contribution in [1.29, 1.82) is 0 Å². The molecule has 1 aromatic carbocycles. The third kappa shape index (κ3) is 2.66. The molecule has 2 N–H and O–H groups in total. The molecule has 0 aliphatic heterocycles. The Balaban J connectivity index is 2.96. The van der Waals surface area contributed by atoms with E-state index in [0.29, 0.717) is 0 Å². The van der Waals surface area contributed by atoms with Crippen molar-refractivity contribution in [3.63, 3.8) is 0 Å². The number of benzene rings is 1. The maximum Gasteiger partial charge on any atom is 0.335 e. The Hall–Kier alpha value is -2.17. The molecule has 0 aliphatic carbocycles. The highest BCUT2D eigenvalue weighted by Gasteiger charge is 2.10. The van der Waals surface area contributed by atoms with Crippen molar-refractivity contribution in [2.45, 2.75) is 6.92 Å². The van der Waals surface area contributed by atoms with Crippen molar-refractivity contribution >= 4 is 17.6 Å². The Bertz CT molecular complexity index is 468. The van der Waals surface area contributed by atoms with E-state index in [2.05, 4.69) is 11.9 Å². The van der Waals surface area contributed by atoms with E-state index < -0.39 is 17.7 Å². The summed E-state index contributed by atoms with van der Waals surface area (Å²) in [6.45, 7) is 4.88. The molecule has 0 radical (unpaired) electrons. The minimum absolute atomic E-state index is 0.0713. The predicted octanol–water partition coefficient (Wildman–Crippen LogP) is 2.04. The van der Waals surface area contributed by atoms with Crippen LogP contribution >= 0.6 is 0 Å². The first-order chi connectivity index (χ1) is 7.41. The Labute approximate surface area is 91.4 Å². The van der Waals surface area contributed by atoms with Gasteiger partial charge in [0.2, 0.25) is 0 Å². The molecule has 0 unspecified atom stereocenters. The highest BCUT2D eigenvalue weighted by molar-refractivity contribution is 6.03. The van der Waals surface area contributed by atoms with E-state index >= 15 is 0 Å². The number of nitrogens with one attached hydrogen (secondary N) is 1. The average Bonchev–Trinajstić information content (AvgIpc) is 2.20. The van der Waals surface area contributed by atoms with Gasteiger partial charge < -0.3 is 10.4 Å². The monoisotopic (exact) mass is 223 g/mol. The molecule has 0 aliphatic rings. The second-order valence-corrected chi connectivity index (χ2v) is 3.23. The summed E-state index contributed by atoms with van der Waals surface area (Å²) in [5.74, 6) is -2.53. The van der Waals surface area contributed by atoms with E-state index in [0.717, 1.165) is 6.07 Å². The van der Waals surface area contributed by atoms with E-state index in [9.17, 15) is 14.0 Å². The number of amides is 1. The number of carboxylic acid groups (broad SMARTS) is 1. The lowest BCUT2D eigenvalue weighted by Gasteiger charge is -2.06. The Kier molecular flexibility index (Phi) is 3.40. The van der Waals surface area contributed by atoms with Crippen LogP contribution < -0.4 is 5.32 Å². The van der Waals surface area contributed by atoms with Crippen molar-refractivity contribution in [2.24, 2.45) is 0 Å². The van der Waals surface area contributed by atoms with Crippen LogP contribution in [-0.4, -0.2) is 17.0 Å². The molecule has 84 valence electrons. The molecule has 0 fully saturated rings. The molecule has 0 aromatic heterocycles. The number of carbonyl (C=O) groups excluding carboxylic acids is 1. The van der Waals surface area contributed by atoms with Crippen LogP contribution in [0, 0.1) is 5.82 Å². The van der Waals surface area contributed by atoms with Crippen molar-refractivity contribution < 1.29 is 19.1 Å². The summed E-state index contributed by atoms with van der Waals surface area (Å²) >= 11 is 0. The van der Waals surface area contributed by atoms with Crippen LogP contribution in [0.1, 0.15) is 17.3 Å². The fourth-order valence-electron chi connectivity index (χ4n) is 0.979. The number of carboxylic acids is 1. The van der Waals surface area contributed by atoms with Crippen LogP contribution in [0.15, 0.2) is 30.4 Å². The zero-order valence-corrected chi connectivity index (χ0v) is 8.58. The summed E-state index contributed by atoms with van der Waals surface area (Å²) in [6.07, 6.45) is 0. The highest BCUT2D eigenvalue weighted by atomic mass is 19.1. The van der Waals surface area contributed by atoms with E-state index in [4.69, 9.17) is 5.11 Å². The molecule has 1 rings (SSSR count). The van der Waals surface area contributed by atoms with Gasteiger partial charge in [-0.05, 0) is 25.1 Å². The molecule has 4 nitrogen and oxygen atoms in total. The molecule has 0 saturated heterocycles.